The number of carbonyl (C=O) groups is 1. The van der Waals surface area contributed by atoms with Gasteiger partial charge in [0.05, 0.1) is 12.5 Å². The number of nitrogens with two attached hydrogens (primary N) is 1. The molecule has 6 heteroatoms. The monoisotopic (exact) mass is 269 g/mol. The first-order valence-corrected chi connectivity index (χ1v) is 6.76. The van der Waals surface area contributed by atoms with E-state index in [2.05, 4.69) is 10.5 Å². The maximum Gasteiger partial charge on any atom is 0.231 e. The van der Waals surface area contributed by atoms with E-state index in [1.54, 1.807) is 11.3 Å². The molecule has 0 aliphatic rings. The summed E-state index contributed by atoms with van der Waals surface area (Å²) in [4.78, 5) is 13.1. The van der Waals surface area contributed by atoms with E-state index in [4.69, 9.17) is 10.9 Å². The molecule has 0 radical (unpaired) electrons. The lowest BCUT2D eigenvalue weighted by Gasteiger charge is -2.14. The van der Waals surface area contributed by atoms with Crippen LogP contribution in [0.15, 0.2) is 16.6 Å². The molecule has 1 amide bonds. The fraction of sp³-hybridized carbons (Fsp3) is 0.500. The zero-order valence-corrected chi connectivity index (χ0v) is 11.5. The number of hydrogen-bond donors (Lipinski definition) is 3. The van der Waals surface area contributed by atoms with Gasteiger partial charge in [-0.05, 0) is 30.4 Å². The number of amides is 1. The lowest BCUT2D eigenvalue weighted by Crippen LogP contribution is -2.38. The SMILES string of the molecule is CCCC(C(=O)NCc1sccc1C)C(N)=NO. The van der Waals surface area contributed by atoms with Gasteiger partial charge in [-0.15, -0.1) is 11.3 Å². The van der Waals surface area contributed by atoms with Crippen LogP contribution in [0.3, 0.4) is 0 Å². The number of rotatable bonds is 6. The van der Waals surface area contributed by atoms with Crippen LogP contribution < -0.4 is 11.1 Å². The Labute approximate surface area is 111 Å². The fourth-order valence-corrected chi connectivity index (χ4v) is 2.49. The number of amidine groups is 1. The van der Waals surface area contributed by atoms with Gasteiger partial charge in [0.15, 0.2) is 5.84 Å². The molecular weight excluding hydrogens is 250 g/mol. The molecule has 0 spiro atoms. The lowest BCUT2D eigenvalue weighted by molar-refractivity contribution is -0.123. The number of aryl methyl sites for hydroxylation is 1. The summed E-state index contributed by atoms with van der Waals surface area (Å²) in [6.07, 6.45) is 1.37. The zero-order valence-electron chi connectivity index (χ0n) is 10.6. The predicted octanol–water partition coefficient (Wildman–Crippen LogP) is 1.84. The first kappa shape index (κ1) is 14.5. The highest BCUT2D eigenvalue weighted by Gasteiger charge is 2.22. The second kappa shape index (κ2) is 7.00. The Morgan fingerprint density at radius 1 is 1.67 bits per heavy atom. The average molecular weight is 269 g/mol. The van der Waals surface area contributed by atoms with E-state index in [9.17, 15) is 4.79 Å². The third-order valence-electron chi connectivity index (χ3n) is 2.76. The maximum absolute atomic E-state index is 12.0. The molecule has 5 nitrogen and oxygen atoms in total. The van der Waals surface area contributed by atoms with Crippen molar-refractivity contribution < 1.29 is 10.0 Å². The van der Waals surface area contributed by atoms with Crippen LogP contribution in [0.25, 0.3) is 0 Å². The van der Waals surface area contributed by atoms with E-state index in [-0.39, 0.29) is 11.7 Å². The van der Waals surface area contributed by atoms with Crippen LogP contribution in [0, 0.1) is 12.8 Å². The molecule has 4 N–H and O–H groups in total. The number of carbonyl (C=O) groups excluding carboxylic acids is 1. The highest BCUT2D eigenvalue weighted by molar-refractivity contribution is 7.10. The molecule has 0 saturated heterocycles. The van der Waals surface area contributed by atoms with E-state index in [0.29, 0.717) is 13.0 Å². The molecule has 18 heavy (non-hydrogen) atoms. The van der Waals surface area contributed by atoms with E-state index < -0.39 is 5.92 Å². The lowest BCUT2D eigenvalue weighted by atomic mass is 10.0. The van der Waals surface area contributed by atoms with Crippen LogP contribution in [0.4, 0.5) is 0 Å². The molecular formula is C12H19N3O2S. The third-order valence-corrected chi connectivity index (χ3v) is 3.78. The minimum Gasteiger partial charge on any atom is -0.409 e. The van der Waals surface area contributed by atoms with Gasteiger partial charge in [-0.3, -0.25) is 4.79 Å². The molecule has 100 valence electrons. The maximum atomic E-state index is 12.0. The van der Waals surface area contributed by atoms with Crippen molar-refractivity contribution >= 4 is 23.1 Å². The highest BCUT2D eigenvalue weighted by Crippen LogP contribution is 2.15. The molecule has 1 aromatic rings. The van der Waals surface area contributed by atoms with Crippen molar-refractivity contribution in [1.29, 1.82) is 0 Å². The minimum atomic E-state index is -0.555. The summed E-state index contributed by atoms with van der Waals surface area (Å²) in [6.45, 7) is 4.45. The minimum absolute atomic E-state index is 0.0303. The van der Waals surface area contributed by atoms with Crippen molar-refractivity contribution in [1.82, 2.24) is 5.32 Å². The molecule has 1 heterocycles. The number of thiophene rings is 1. The summed E-state index contributed by atoms with van der Waals surface area (Å²) in [7, 11) is 0. The van der Waals surface area contributed by atoms with Gasteiger partial charge in [0.1, 0.15) is 0 Å². The summed E-state index contributed by atoms with van der Waals surface area (Å²) in [5.74, 6) is -0.780. The van der Waals surface area contributed by atoms with Crippen molar-refractivity contribution in [2.45, 2.75) is 33.2 Å². The van der Waals surface area contributed by atoms with Crippen molar-refractivity contribution in [2.24, 2.45) is 16.8 Å². The average Bonchev–Trinajstić information content (AvgIpc) is 2.77. The Balaban J connectivity index is 2.60. The van der Waals surface area contributed by atoms with Gasteiger partial charge in [0.2, 0.25) is 5.91 Å². The number of nitrogens with zero attached hydrogens (tertiary/aromatic N) is 1. The number of oxime groups is 1. The second-order valence-corrected chi connectivity index (χ2v) is 5.11. The topological polar surface area (TPSA) is 87.7 Å². The first-order valence-electron chi connectivity index (χ1n) is 5.88. The molecule has 0 bridgehead atoms. The van der Waals surface area contributed by atoms with Crippen molar-refractivity contribution in [3.8, 4) is 0 Å². The first-order chi connectivity index (χ1) is 8.60. The zero-order chi connectivity index (χ0) is 13.5. The van der Waals surface area contributed by atoms with Gasteiger partial charge in [-0.25, -0.2) is 0 Å². The summed E-state index contributed by atoms with van der Waals surface area (Å²) in [5.41, 5.74) is 6.69. The van der Waals surface area contributed by atoms with E-state index in [0.717, 1.165) is 16.9 Å². The van der Waals surface area contributed by atoms with Gasteiger partial charge in [0.25, 0.3) is 0 Å². The van der Waals surface area contributed by atoms with Gasteiger partial charge in [-0.1, -0.05) is 18.5 Å². The van der Waals surface area contributed by atoms with E-state index >= 15 is 0 Å². The Kier molecular flexibility index (Phi) is 5.64. The van der Waals surface area contributed by atoms with E-state index in [1.807, 2.05) is 25.3 Å². The Bertz CT molecular complexity index is 429. The van der Waals surface area contributed by atoms with Gasteiger partial charge in [-0.2, -0.15) is 0 Å². The molecule has 1 unspecified atom stereocenters. The van der Waals surface area contributed by atoms with Crippen molar-refractivity contribution in [3.05, 3.63) is 21.9 Å². The fourth-order valence-electron chi connectivity index (χ4n) is 1.65. The largest absolute Gasteiger partial charge is 0.409 e. The number of hydrogen-bond acceptors (Lipinski definition) is 4. The molecule has 1 aromatic heterocycles. The summed E-state index contributed by atoms with van der Waals surface area (Å²) < 4.78 is 0. The Morgan fingerprint density at radius 3 is 2.89 bits per heavy atom. The predicted molar refractivity (Wildman–Crippen MR) is 72.7 cm³/mol. The summed E-state index contributed by atoms with van der Waals surface area (Å²) in [5, 5.41) is 16.4. The van der Waals surface area contributed by atoms with Gasteiger partial charge < -0.3 is 16.3 Å². The molecule has 1 atom stereocenters. The van der Waals surface area contributed by atoms with Crippen molar-refractivity contribution in [2.75, 3.05) is 0 Å². The van der Waals surface area contributed by atoms with Crippen LogP contribution in [0.2, 0.25) is 0 Å². The molecule has 1 rings (SSSR count). The van der Waals surface area contributed by atoms with Crippen LogP contribution in [-0.2, 0) is 11.3 Å². The van der Waals surface area contributed by atoms with Crippen molar-refractivity contribution in [3.63, 3.8) is 0 Å². The summed E-state index contributed by atoms with van der Waals surface area (Å²) >= 11 is 1.61. The van der Waals surface area contributed by atoms with Crippen LogP contribution in [-0.4, -0.2) is 17.0 Å². The standard InChI is InChI=1S/C12H19N3O2S/c1-3-4-9(11(13)15-17)12(16)14-7-10-8(2)5-6-18-10/h5-6,9,17H,3-4,7H2,1-2H3,(H2,13,15)(H,14,16). The Morgan fingerprint density at radius 2 is 2.39 bits per heavy atom. The molecule has 0 aromatic carbocycles. The number of nitrogens with one attached hydrogen (secondary N) is 1. The summed E-state index contributed by atoms with van der Waals surface area (Å²) in [6, 6.07) is 2.01. The van der Waals surface area contributed by atoms with Crippen LogP contribution in [0.1, 0.15) is 30.2 Å². The highest BCUT2D eigenvalue weighted by atomic mass is 32.1. The molecule has 0 saturated carbocycles. The molecule has 0 fully saturated rings. The van der Waals surface area contributed by atoms with E-state index in [1.165, 1.54) is 0 Å². The molecule has 0 aliphatic carbocycles. The normalized spacial score (nSPS) is 13.3. The van der Waals surface area contributed by atoms with Crippen LogP contribution >= 0.6 is 11.3 Å². The quantitative estimate of drug-likeness (QED) is 0.319. The second-order valence-electron chi connectivity index (χ2n) is 4.11. The Hall–Kier alpha value is -1.56. The van der Waals surface area contributed by atoms with Gasteiger partial charge in [0, 0.05) is 4.88 Å². The molecule has 0 aliphatic heterocycles. The smallest absolute Gasteiger partial charge is 0.231 e. The third kappa shape index (κ3) is 3.73. The van der Waals surface area contributed by atoms with Crippen LogP contribution in [0.5, 0.6) is 0 Å². The van der Waals surface area contributed by atoms with Gasteiger partial charge >= 0.3 is 0 Å².